The first-order valence-electron chi connectivity index (χ1n) is 9.94. The van der Waals surface area contributed by atoms with Crippen molar-refractivity contribution in [3.8, 4) is 10.7 Å². The lowest BCUT2D eigenvalue weighted by Crippen LogP contribution is -2.40. The Bertz CT molecular complexity index is 1090. The first-order chi connectivity index (χ1) is 16.6. The maximum Gasteiger partial charge on any atom is 0.446 e. The number of aromatic nitrogens is 5. The number of alkyl halides is 3. The fourth-order valence-electron chi connectivity index (χ4n) is 2.77. The van der Waals surface area contributed by atoms with Gasteiger partial charge in [-0.2, -0.15) is 13.2 Å². The van der Waals surface area contributed by atoms with Crippen LogP contribution in [0.1, 0.15) is 6.92 Å². The Kier molecular flexibility index (Phi) is 10.2. The summed E-state index contributed by atoms with van der Waals surface area (Å²) < 4.78 is 51.4. The molecule has 0 bridgehead atoms. The Morgan fingerprint density at radius 2 is 2.00 bits per heavy atom. The van der Waals surface area contributed by atoms with Gasteiger partial charge in [0.2, 0.25) is 0 Å². The predicted molar refractivity (Wildman–Crippen MR) is 126 cm³/mol. The van der Waals surface area contributed by atoms with Gasteiger partial charge in [-0.25, -0.2) is 9.67 Å². The number of pyridine rings is 1. The highest BCUT2D eigenvalue weighted by molar-refractivity contribution is 8.00. The molecular weight excluding hydrogens is 551 g/mol. The third-order valence-electron chi connectivity index (χ3n) is 4.41. The fourth-order valence-corrected chi connectivity index (χ4v) is 5.44. The standard InChI is InChI=1S/C19H21ClF3N5O4S3/c1-10(30)15(8-29)32-18(34-11-3-12(5-24-4-11)35-19(21,22)23)14(31-2)7-28-6-13(26-27-28)17-25-16(20)9-33-17/h3-6,9-10,14-15,18,29-30H,7-8H2,1-2H3/t10-,14+,15?,18?/m1/s1. The topological polar surface area (TPSA) is 115 Å². The van der Waals surface area contributed by atoms with Gasteiger partial charge >= 0.3 is 5.51 Å². The number of rotatable bonds is 12. The molecule has 3 aromatic heterocycles. The van der Waals surface area contributed by atoms with E-state index >= 15 is 0 Å². The van der Waals surface area contributed by atoms with Crippen molar-refractivity contribution < 1.29 is 32.9 Å². The van der Waals surface area contributed by atoms with E-state index in [1.165, 1.54) is 42.3 Å². The van der Waals surface area contributed by atoms with Crippen molar-refractivity contribution in [2.45, 2.75) is 52.5 Å². The zero-order valence-electron chi connectivity index (χ0n) is 18.3. The zero-order valence-corrected chi connectivity index (χ0v) is 21.5. The first-order valence-corrected chi connectivity index (χ1v) is 12.9. The minimum Gasteiger partial charge on any atom is -0.394 e. The highest BCUT2D eigenvalue weighted by Gasteiger charge is 2.31. The summed E-state index contributed by atoms with van der Waals surface area (Å²) >= 11 is 7.94. The number of halogens is 4. The Balaban J connectivity index is 1.82. The third-order valence-corrected chi connectivity index (χ3v) is 7.43. The summed E-state index contributed by atoms with van der Waals surface area (Å²) in [7, 11) is 1.44. The quantitative estimate of drug-likeness (QED) is 0.244. The number of thioether (sulfide) groups is 2. The third kappa shape index (κ3) is 8.56. The van der Waals surface area contributed by atoms with E-state index in [0.29, 0.717) is 20.8 Å². The van der Waals surface area contributed by atoms with E-state index in [4.69, 9.17) is 21.1 Å². The molecule has 0 saturated heterocycles. The molecule has 3 aromatic rings. The normalized spacial score (nSPS) is 15.7. The predicted octanol–water partition coefficient (Wildman–Crippen LogP) is 3.95. The maximum atomic E-state index is 12.8. The lowest BCUT2D eigenvalue weighted by atomic mass is 10.2. The molecule has 192 valence electrons. The van der Waals surface area contributed by atoms with Crippen LogP contribution in [-0.2, 0) is 16.0 Å². The van der Waals surface area contributed by atoms with Crippen LogP contribution in [0.2, 0.25) is 5.15 Å². The monoisotopic (exact) mass is 571 g/mol. The van der Waals surface area contributed by atoms with Crippen LogP contribution in [0.3, 0.4) is 0 Å². The van der Waals surface area contributed by atoms with Gasteiger partial charge in [0.1, 0.15) is 33.5 Å². The van der Waals surface area contributed by atoms with E-state index in [-0.39, 0.29) is 23.2 Å². The highest BCUT2D eigenvalue weighted by Crippen LogP contribution is 2.38. The number of ether oxygens (including phenoxy) is 2. The Hall–Kier alpha value is -1.46. The molecule has 0 radical (unpaired) electrons. The van der Waals surface area contributed by atoms with Gasteiger partial charge in [-0.1, -0.05) is 28.6 Å². The molecule has 2 N–H and O–H groups in total. The van der Waals surface area contributed by atoms with Gasteiger partial charge in [0.15, 0.2) is 0 Å². The molecule has 0 spiro atoms. The average molecular weight is 572 g/mol. The van der Waals surface area contributed by atoms with Gasteiger partial charge < -0.3 is 19.7 Å². The SMILES string of the molecule is CO[C@@H](Cn1cc(-c2nc(Cl)cs2)nn1)C(OC(CO)[C@@H](C)O)Sc1cncc(SC(F)(F)F)c1. The fraction of sp³-hybridized carbons (Fsp3) is 0.474. The second-order valence-corrected chi connectivity index (χ2v) is 10.6. The Morgan fingerprint density at radius 1 is 1.26 bits per heavy atom. The first kappa shape index (κ1) is 28.1. The van der Waals surface area contributed by atoms with Crippen LogP contribution >= 0.6 is 46.5 Å². The van der Waals surface area contributed by atoms with E-state index in [0.717, 1.165) is 18.0 Å². The molecule has 16 heteroatoms. The lowest BCUT2D eigenvalue weighted by molar-refractivity contribution is -0.105. The van der Waals surface area contributed by atoms with Gasteiger partial charge in [0.05, 0.1) is 25.5 Å². The van der Waals surface area contributed by atoms with Crippen molar-refractivity contribution in [2.24, 2.45) is 0 Å². The van der Waals surface area contributed by atoms with Gasteiger partial charge in [0.25, 0.3) is 0 Å². The van der Waals surface area contributed by atoms with E-state index in [1.807, 2.05) is 0 Å². The molecule has 4 atom stereocenters. The van der Waals surface area contributed by atoms with E-state index < -0.39 is 35.9 Å². The number of aliphatic hydroxyl groups excluding tert-OH is 2. The van der Waals surface area contributed by atoms with Crippen LogP contribution in [0.5, 0.6) is 0 Å². The molecule has 0 aliphatic rings. The van der Waals surface area contributed by atoms with Crippen LogP contribution in [0.15, 0.2) is 39.8 Å². The average Bonchev–Trinajstić information content (AvgIpc) is 3.42. The molecule has 9 nitrogen and oxygen atoms in total. The number of thiazole rings is 1. The van der Waals surface area contributed by atoms with Gasteiger partial charge in [-0.05, 0) is 24.8 Å². The summed E-state index contributed by atoms with van der Waals surface area (Å²) in [5.74, 6) is 0. The number of hydrogen-bond donors (Lipinski definition) is 2. The summed E-state index contributed by atoms with van der Waals surface area (Å²) in [6.45, 7) is 1.11. The Morgan fingerprint density at radius 3 is 2.60 bits per heavy atom. The summed E-state index contributed by atoms with van der Waals surface area (Å²) in [5.41, 5.74) is -4.82. The molecule has 0 aliphatic heterocycles. The van der Waals surface area contributed by atoms with Crippen LogP contribution in [0.4, 0.5) is 13.2 Å². The summed E-state index contributed by atoms with van der Waals surface area (Å²) in [6.07, 6.45) is 1.46. The number of methoxy groups -OCH3 is 1. The molecule has 0 saturated carbocycles. The lowest BCUT2D eigenvalue weighted by Gasteiger charge is -2.30. The van der Waals surface area contributed by atoms with Crippen molar-refractivity contribution >= 4 is 46.5 Å². The highest BCUT2D eigenvalue weighted by atomic mass is 35.5. The van der Waals surface area contributed by atoms with Crippen molar-refractivity contribution in [3.63, 3.8) is 0 Å². The molecule has 0 aromatic carbocycles. The van der Waals surface area contributed by atoms with Crippen LogP contribution in [0.25, 0.3) is 10.7 Å². The molecule has 3 heterocycles. The molecule has 0 amide bonds. The smallest absolute Gasteiger partial charge is 0.394 e. The van der Waals surface area contributed by atoms with Crippen molar-refractivity contribution in [1.29, 1.82) is 0 Å². The van der Waals surface area contributed by atoms with E-state index in [2.05, 4.69) is 20.3 Å². The van der Waals surface area contributed by atoms with Crippen molar-refractivity contribution in [2.75, 3.05) is 13.7 Å². The van der Waals surface area contributed by atoms with Crippen LogP contribution in [0, 0.1) is 0 Å². The van der Waals surface area contributed by atoms with Gasteiger partial charge in [-0.3, -0.25) is 4.98 Å². The number of hydrogen-bond acceptors (Lipinski definition) is 11. The molecular formula is C19H21ClF3N5O4S3. The molecule has 2 unspecified atom stereocenters. The minimum absolute atomic E-state index is 0.0903. The Labute approximate surface area is 216 Å². The second-order valence-electron chi connectivity index (χ2n) is 7.06. The summed E-state index contributed by atoms with van der Waals surface area (Å²) in [5, 5.41) is 30.3. The number of nitrogens with zero attached hydrogens (tertiary/aromatic N) is 5. The maximum absolute atomic E-state index is 12.8. The molecule has 3 rings (SSSR count). The second kappa shape index (κ2) is 12.7. The van der Waals surface area contributed by atoms with Crippen LogP contribution < -0.4 is 0 Å². The van der Waals surface area contributed by atoms with Gasteiger partial charge in [0, 0.05) is 34.7 Å². The van der Waals surface area contributed by atoms with E-state index in [1.54, 1.807) is 11.6 Å². The molecule has 0 fully saturated rings. The summed E-state index contributed by atoms with van der Waals surface area (Å²) in [6, 6.07) is 1.33. The largest absolute Gasteiger partial charge is 0.446 e. The minimum atomic E-state index is -4.46. The molecule has 0 aliphatic carbocycles. The van der Waals surface area contributed by atoms with Crippen LogP contribution in [-0.4, -0.2) is 78.1 Å². The van der Waals surface area contributed by atoms with Crippen molar-refractivity contribution in [1.82, 2.24) is 25.0 Å². The van der Waals surface area contributed by atoms with Gasteiger partial charge in [-0.15, -0.1) is 16.4 Å². The zero-order chi connectivity index (χ0) is 25.6. The van der Waals surface area contributed by atoms with Crippen molar-refractivity contribution in [3.05, 3.63) is 35.2 Å². The summed E-state index contributed by atoms with van der Waals surface area (Å²) in [4.78, 5) is 8.32. The van der Waals surface area contributed by atoms with E-state index in [9.17, 15) is 23.4 Å². The molecule has 35 heavy (non-hydrogen) atoms. The number of aliphatic hydroxyl groups is 2.